The van der Waals surface area contributed by atoms with Crippen LogP contribution < -0.4 is 5.32 Å². The van der Waals surface area contributed by atoms with E-state index >= 15 is 0 Å². The summed E-state index contributed by atoms with van der Waals surface area (Å²) in [5, 5.41) is 14.3. The van der Waals surface area contributed by atoms with Gasteiger partial charge in [-0.15, -0.1) is 4.91 Å². The molecular weight excluding hydrogens is 368 g/mol. The first kappa shape index (κ1) is 20.7. The monoisotopic (exact) mass is 388 g/mol. The Balaban J connectivity index is 1.66. The maximum Gasteiger partial charge on any atom is 0.335 e. The van der Waals surface area contributed by atoms with Gasteiger partial charge in [0.25, 0.3) is 0 Å². The number of nitrogens with zero attached hydrogens (tertiary/aromatic N) is 3. The molecule has 28 heavy (non-hydrogen) atoms. The van der Waals surface area contributed by atoms with Gasteiger partial charge < -0.3 is 19.7 Å². The Morgan fingerprint density at radius 1 is 1.21 bits per heavy atom. The molecule has 2 N–H and O–H groups in total. The molecule has 2 aromatic rings. The Kier molecular flexibility index (Phi) is 7.37. The number of carboxylic acids is 1. The maximum atomic E-state index is 11.9. The number of nitrogens with one attached hydrogen (secondary N) is 1. The minimum absolute atomic E-state index is 0.0701. The molecule has 0 atom stereocenters. The van der Waals surface area contributed by atoms with E-state index in [0.717, 1.165) is 0 Å². The number of carboxylic acid groups (broad SMARTS) is 1. The minimum atomic E-state index is -1.04. The number of aryl methyl sites for hydroxylation is 1. The van der Waals surface area contributed by atoms with Crippen molar-refractivity contribution in [3.05, 3.63) is 46.8 Å². The lowest BCUT2D eigenvalue weighted by molar-refractivity contribution is -0.144. The zero-order chi connectivity index (χ0) is 20.5. The van der Waals surface area contributed by atoms with Gasteiger partial charge >= 0.3 is 11.9 Å². The number of hydrogen-bond acceptors (Lipinski definition) is 7. The Morgan fingerprint density at radius 3 is 2.57 bits per heavy atom. The lowest BCUT2D eigenvalue weighted by atomic mass is 10.2. The van der Waals surface area contributed by atoms with Gasteiger partial charge in [-0.2, -0.15) is 0 Å². The molecule has 0 aliphatic rings. The number of carbonyl (C=O) groups excluding carboxylic acids is 2. The normalized spacial score (nSPS) is 10.3. The second-order valence-electron chi connectivity index (χ2n) is 5.91. The number of aromatic nitrogens is 2. The Morgan fingerprint density at radius 2 is 1.93 bits per heavy atom. The van der Waals surface area contributed by atoms with Gasteiger partial charge in [0.15, 0.2) is 5.82 Å². The highest BCUT2D eigenvalue weighted by atomic mass is 16.5. The summed E-state index contributed by atoms with van der Waals surface area (Å²) >= 11 is 0. The molecule has 148 valence electrons. The average molecular weight is 388 g/mol. The van der Waals surface area contributed by atoms with Gasteiger partial charge in [0.05, 0.1) is 18.3 Å². The molecular formula is C18H20N4O6. The minimum Gasteiger partial charge on any atom is -0.478 e. The molecule has 0 radical (unpaired) electrons. The molecule has 0 fully saturated rings. The number of hydrogen-bond donors (Lipinski definition) is 2. The van der Waals surface area contributed by atoms with Crippen LogP contribution in [-0.2, 0) is 20.9 Å². The van der Waals surface area contributed by atoms with Crippen molar-refractivity contribution in [3.8, 4) is 0 Å². The molecule has 2 rings (SSSR count). The fourth-order valence-electron chi connectivity index (χ4n) is 2.44. The summed E-state index contributed by atoms with van der Waals surface area (Å²) < 4.78 is 6.63. The number of ether oxygens (including phenoxy) is 1. The van der Waals surface area contributed by atoms with Crippen molar-refractivity contribution < 1.29 is 24.2 Å². The summed E-state index contributed by atoms with van der Waals surface area (Å²) in [6, 6.07) is 5.78. The van der Waals surface area contributed by atoms with Crippen molar-refractivity contribution in [2.75, 3.05) is 11.9 Å². The number of amides is 1. The van der Waals surface area contributed by atoms with Gasteiger partial charge in [0.2, 0.25) is 5.91 Å². The highest BCUT2D eigenvalue weighted by Crippen LogP contribution is 2.14. The molecule has 10 heteroatoms. The van der Waals surface area contributed by atoms with Crippen LogP contribution in [0.25, 0.3) is 0 Å². The van der Waals surface area contributed by atoms with Gasteiger partial charge in [-0.3, -0.25) is 9.59 Å². The number of imidazole rings is 1. The molecule has 10 nitrogen and oxygen atoms in total. The lowest BCUT2D eigenvalue weighted by Crippen LogP contribution is -2.14. The van der Waals surface area contributed by atoms with E-state index in [1.54, 1.807) is 11.5 Å². The topological polar surface area (TPSA) is 140 Å². The highest BCUT2D eigenvalue weighted by Gasteiger charge is 2.10. The number of aromatic carboxylic acids is 1. The molecule has 1 amide bonds. The van der Waals surface area contributed by atoms with Crippen LogP contribution in [-0.4, -0.2) is 39.1 Å². The SMILES string of the molecule is Cc1ncc(N=O)n1CCOC(=O)CCCC(=O)Nc1ccc(C(=O)O)cc1. The van der Waals surface area contributed by atoms with Gasteiger partial charge in [0, 0.05) is 18.5 Å². The smallest absolute Gasteiger partial charge is 0.335 e. The number of esters is 1. The van der Waals surface area contributed by atoms with Crippen molar-refractivity contribution in [2.24, 2.45) is 5.18 Å². The second kappa shape index (κ2) is 9.95. The van der Waals surface area contributed by atoms with Gasteiger partial charge in [-0.05, 0) is 42.8 Å². The van der Waals surface area contributed by atoms with Crippen LogP contribution in [0.2, 0.25) is 0 Å². The highest BCUT2D eigenvalue weighted by molar-refractivity contribution is 5.92. The number of nitroso groups, excluding NO2 is 1. The van der Waals surface area contributed by atoms with Crippen LogP contribution in [0.4, 0.5) is 11.5 Å². The number of benzene rings is 1. The molecule has 0 aliphatic heterocycles. The molecule has 1 aromatic heterocycles. The molecule has 1 heterocycles. The number of anilines is 1. The zero-order valence-electron chi connectivity index (χ0n) is 15.3. The van der Waals surface area contributed by atoms with E-state index in [9.17, 15) is 19.3 Å². The first-order valence-electron chi connectivity index (χ1n) is 8.55. The average Bonchev–Trinajstić information content (AvgIpc) is 3.02. The third kappa shape index (κ3) is 6.01. The molecule has 0 saturated carbocycles. The Bertz CT molecular complexity index is 859. The van der Waals surface area contributed by atoms with Gasteiger partial charge in [-0.1, -0.05) is 0 Å². The van der Waals surface area contributed by atoms with Crippen molar-refractivity contribution >= 4 is 29.4 Å². The summed E-state index contributed by atoms with van der Waals surface area (Å²) in [7, 11) is 0. The molecule has 0 unspecified atom stereocenters. The van der Waals surface area contributed by atoms with Crippen LogP contribution in [0, 0.1) is 11.8 Å². The maximum absolute atomic E-state index is 11.9. The van der Waals surface area contributed by atoms with Crippen LogP contribution in [0.1, 0.15) is 35.4 Å². The van der Waals surface area contributed by atoms with Gasteiger partial charge in [-0.25, -0.2) is 9.78 Å². The number of carbonyl (C=O) groups is 3. The van der Waals surface area contributed by atoms with E-state index in [4.69, 9.17) is 9.84 Å². The van der Waals surface area contributed by atoms with Gasteiger partial charge in [0.1, 0.15) is 12.4 Å². The lowest BCUT2D eigenvalue weighted by Gasteiger charge is -2.08. The van der Waals surface area contributed by atoms with Crippen molar-refractivity contribution in [2.45, 2.75) is 32.7 Å². The second-order valence-corrected chi connectivity index (χ2v) is 5.91. The predicted molar refractivity (Wildman–Crippen MR) is 99.3 cm³/mol. The van der Waals surface area contributed by atoms with E-state index in [-0.39, 0.29) is 43.3 Å². The third-order valence-electron chi connectivity index (χ3n) is 3.91. The van der Waals surface area contributed by atoms with Crippen LogP contribution in [0.5, 0.6) is 0 Å². The molecule has 1 aromatic carbocycles. The fraction of sp³-hybridized carbons (Fsp3) is 0.333. The predicted octanol–water partition coefficient (Wildman–Crippen LogP) is 2.64. The van der Waals surface area contributed by atoms with Crippen molar-refractivity contribution in [1.82, 2.24) is 9.55 Å². The fourth-order valence-corrected chi connectivity index (χ4v) is 2.44. The van der Waals surface area contributed by atoms with Crippen molar-refractivity contribution in [3.63, 3.8) is 0 Å². The molecule has 0 saturated heterocycles. The van der Waals surface area contributed by atoms with Crippen molar-refractivity contribution in [1.29, 1.82) is 0 Å². The van der Waals surface area contributed by atoms with E-state index in [2.05, 4.69) is 15.5 Å². The zero-order valence-corrected chi connectivity index (χ0v) is 15.3. The Labute approximate surface area is 160 Å². The van der Waals surface area contributed by atoms with Crippen LogP contribution in [0.15, 0.2) is 35.6 Å². The van der Waals surface area contributed by atoms with E-state index in [0.29, 0.717) is 17.9 Å². The summed E-state index contributed by atoms with van der Waals surface area (Å²) in [5.41, 5.74) is 0.607. The van der Waals surface area contributed by atoms with Crippen LogP contribution >= 0.6 is 0 Å². The first-order chi connectivity index (χ1) is 13.4. The standard InChI is InChI=1S/C18H20N4O6/c1-12-19-11-15(21-27)22(12)9-10-28-17(24)4-2-3-16(23)20-14-7-5-13(6-8-14)18(25)26/h5-8,11H,2-4,9-10H2,1H3,(H,20,23)(H,25,26). The first-order valence-corrected chi connectivity index (χ1v) is 8.55. The third-order valence-corrected chi connectivity index (χ3v) is 3.91. The van der Waals surface area contributed by atoms with E-state index in [1.807, 2.05) is 0 Å². The molecule has 0 spiro atoms. The quantitative estimate of drug-likeness (QED) is 0.471. The summed E-state index contributed by atoms with van der Waals surface area (Å²) in [4.78, 5) is 49.0. The van der Waals surface area contributed by atoms with E-state index in [1.165, 1.54) is 30.5 Å². The number of rotatable bonds is 10. The summed E-state index contributed by atoms with van der Waals surface area (Å²) in [5.74, 6) is -1.01. The largest absolute Gasteiger partial charge is 0.478 e. The molecule has 0 aliphatic carbocycles. The van der Waals surface area contributed by atoms with Crippen LogP contribution in [0.3, 0.4) is 0 Å². The Hall–Kier alpha value is -3.56. The summed E-state index contributed by atoms with van der Waals surface area (Å²) in [6.07, 6.45) is 1.85. The van der Waals surface area contributed by atoms with E-state index < -0.39 is 11.9 Å². The summed E-state index contributed by atoms with van der Waals surface area (Å²) in [6.45, 7) is 2.05. The molecule has 0 bridgehead atoms.